The molecule has 6 rings (SSSR count). The lowest BCUT2D eigenvalue weighted by Crippen LogP contribution is -2.35. The zero-order chi connectivity index (χ0) is 19.9. The first-order valence-electron chi connectivity index (χ1n) is 11.5. The van der Waals surface area contributed by atoms with Crippen LogP contribution < -0.4 is 0 Å². The Morgan fingerprint density at radius 3 is 2.07 bits per heavy atom. The molecule has 0 N–H and O–H groups in total. The molecule has 0 bridgehead atoms. The summed E-state index contributed by atoms with van der Waals surface area (Å²) in [6, 6.07) is 31.3. The predicted molar refractivity (Wildman–Crippen MR) is 126 cm³/mol. The highest BCUT2D eigenvalue weighted by Gasteiger charge is 2.43. The molecule has 4 atom stereocenters. The highest BCUT2D eigenvalue weighted by atomic mass is 14.5. The summed E-state index contributed by atoms with van der Waals surface area (Å²) in [7, 11) is 0. The van der Waals surface area contributed by atoms with Crippen LogP contribution in [-0.2, 0) is 0 Å². The van der Waals surface area contributed by atoms with Crippen LogP contribution in [0.1, 0.15) is 53.9 Å². The molecule has 30 heavy (non-hydrogen) atoms. The topological polar surface area (TPSA) is 0 Å². The summed E-state index contributed by atoms with van der Waals surface area (Å²) >= 11 is 0. The Hall–Kier alpha value is -2.86. The van der Waals surface area contributed by atoms with Gasteiger partial charge in [0.1, 0.15) is 0 Å². The number of allylic oxidation sites excluding steroid dienone is 3. The van der Waals surface area contributed by atoms with Crippen molar-refractivity contribution in [2.45, 2.75) is 31.6 Å². The summed E-state index contributed by atoms with van der Waals surface area (Å²) in [6.07, 6.45) is 10.7. The molecule has 1 saturated carbocycles. The smallest absolute Gasteiger partial charge is 0.00962 e. The maximum atomic E-state index is 2.64. The Morgan fingerprint density at radius 2 is 1.27 bits per heavy atom. The van der Waals surface area contributed by atoms with Gasteiger partial charge in [-0.2, -0.15) is 0 Å². The van der Waals surface area contributed by atoms with Crippen LogP contribution in [0.5, 0.6) is 0 Å². The Bertz CT molecular complexity index is 1100. The van der Waals surface area contributed by atoms with Crippen LogP contribution in [0.25, 0.3) is 11.1 Å². The molecular formula is C30H28. The Balaban J connectivity index is 1.55. The van der Waals surface area contributed by atoms with Crippen LogP contribution in [0.4, 0.5) is 0 Å². The molecule has 3 aromatic rings. The molecule has 0 aromatic heterocycles. The zero-order valence-electron chi connectivity index (χ0n) is 17.4. The van der Waals surface area contributed by atoms with E-state index in [-0.39, 0.29) is 0 Å². The van der Waals surface area contributed by atoms with Gasteiger partial charge in [0.25, 0.3) is 0 Å². The van der Waals surface area contributed by atoms with E-state index < -0.39 is 0 Å². The zero-order valence-corrected chi connectivity index (χ0v) is 17.4. The van der Waals surface area contributed by atoms with Crippen molar-refractivity contribution in [3.8, 4) is 0 Å². The molecule has 0 radical (unpaired) electrons. The van der Waals surface area contributed by atoms with Crippen molar-refractivity contribution in [1.82, 2.24) is 0 Å². The van der Waals surface area contributed by atoms with Crippen LogP contribution in [-0.4, -0.2) is 0 Å². The van der Waals surface area contributed by atoms with Gasteiger partial charge in [0.05, 0.1) is 0 Å². The van der Waals surface area contributed by atoms with Crippen molar-refractivity contribution in [3.63, 3.8) is 0 Å². The van der Waals surface area contributed by atoms with Gasteiger partial charge >= 0.3 is 0 Å². The molecular weight excluding hydrogens is 360 g/mol. The maximum Gasteiger partial charge on any atom is 0.00962 e. The van der Waals surface area contributed by atoms with Gasteiger partial charge in [-0.05, 0) is 64.0 Å². The number of hydrogen-bond acceptors (Lipinski definition) is 0. The fourth-order valence-corrected chi connectivity index (χ4v) is 6.35. The van der Waals surface area contributed by atoms with E-state index in [1.807, 2.05) is 0 Å². The minimum absolute atomic E-state index is 0.489. The fraction of sp³-hybridized carbons (Fsp3) is 0.267. The lowest BCUT2D eigenvalue weighted by atomic mass is 9.57. The maximum absolute atomic E-state index is 2.64. The van der Waals surface area contributed by atoms with Gasteiger partial charge < -0.3 is 0 Å². The third kappa shape index (κ3) is 2.89. The number of fused-ring (bicyclic) bond motifs is 5. The van der Waals surface area contributed by atoms with Crippen molar-refractivity contribution in [2.24, 2.45) is 17.8 Å². The van der Waals surface area contributed by atoms with Gasteiger partial charge in [0.15, 0.2) is 0 Å². The Morgan fingerprint density at radius 1 is 0.600 bits per heavy atom. The molecule has 3 aliphatic carbocycles. The fourth-order valence-electron chi connectivity index (χ4n) is 6.35. The second-order valence-electron chi connectivity index (χ2n) is 9.18. The van der Waals surface area contributed by atoms with Crippen molar-refractivity contribution in [1.29, 1.82) is 0 Å². The third-order valence-corrected chi connectivity index (χ3v) is 7.65. The summed E-state index contributed by atoms with van der Waals surface area (Å²) < 4.78 is 0. The molecule has 3 aromatic carbocycles. The summed E-state index contributed by atoms with van der Waals surface area (Å²) in [5, 5.41) is 0. The van der Waals surface area contributed by atoms with Crippen molar-refractivity contribution in [3.05, 3.63) is 119 Å². The number of hydrogen-bond donors (Lipinski definition) is 0. The van der Waals surface area contributed by atoms with Gasteiger partial charge in [-0.1, -0.05) is 110 Å². The molecule has 1 fully saturated rings. The summed E-state index contributed by atoms with van der Waals surface area (Å²) in [5.74, 6) is 2.54. The third-order valence-electron chi connectivity index (χ3n) is 7.65. The highest BCUT2D eigenvalue weighted by molar-refractivity contribution is 5.85. The first-order chi connectivity index (χ1) is 14.9. The molecule has 0 aliphatic heterocycles. The van der Waals surface area contributed by atoms with Gasteiger partial charge in [0, 0.05) is 5.92 Å². The molecule has 0 amide bonds. The van der Waals surface area contributed by atoms with Crippen molar-refractivity contribution < 1.29 is 0 Å². The standard InChI is InChI=1S/C30H28/c1-3-11-21(12-4-1)27-19-29-26-18-10-8-16-24(26)28(22-13-5-2-6-14-22)20-30(29)25-17-9-7-15-23(25)27/h1-7,9,11-15,17,19-20,24,26,29-30H,8,10,16,18H2/t24-,26-,29-,30+/m0/s1. The van der Waals surface area contributed by atoms with Crippen LogP contribution in [0.15, 0.2) is 97.1 Å². The molecule has 0 heterocycles. The average Bonchev–Trinajstić information content (AvgIpc) is 2.84. The molecule has 148 valence electrons. The molecule has 0 spiro atoms. The van der Waals surface area contributed by atoms with E-state index >= 15 is 0 Å². The number of benzene rings is 3. The molecule has 0 saturated heterocycles. The number of rotatable bonds is 2. The minimum Gasteiger partial charge on any atom is -0.0723 e. The van der Waals surface area contributed by atoms with Crippen molar-refractivity contribution in [2.75, 3.05) is 0 Å². The van der Waals surface area contributed by atoms with E-state index in [9.17, 15) is 0 Å². The molecule has 0 heteroatoms. The SMILES string of the molecule is C1=C(c2ccccc2)c2ccccc2[C@H]2C=C(c3ccccc3)[C@H]3CCCC[C@@H]3[C@H]12. The Labute approximate surface area is 180 Å². The van der Waals surface area contributed by atoms with E-state index in [0.717, 1.165) is 5.92 Å². The quantitative estimate of drug-likeness (QED) is 0.421. The average molecular weight is 389 g/mol. The van der Waals surface area contributed by atoms with E-state index in [1.165, 1.54) is 53.5 Å². The monoisotopic (exact) mass is 388 g/mol. The second kappa shape index (κ2) is 7.43. The van der Waals surface area contributed by atoms with Gasteiger partial charge in [-0.25, -0.2) is 0 Å². The van der Waals surface area contributed by atoms with Crippen LogP contribution in [0.2, 0.25) is 0 Å². The second-order valence-corrected chi connectivity index (χ2v) is 9.18. The van der Waals surface area contributed by atoms with Crippen LogP contribution in [0.3, 0.4) is 0 Å². The van der Waals surface area contributed by atoms with E-state index in [2.05, 4.69) is 97.1 Å². The van der Waals surface area contributed by atoms with Crippen LogP contribution in [0, 0.1) is 17.8 Å². The lowest BCUT2D eigenvalue weighted by Gasteiger charge is -2.47. The summed E-state index contributed by atoms with van der Waals surface area (Å²) in [5.41, 5.74) is 8.77. The summed E-state index contributed by atoms with van der Waals surface area (Å²) in [4.78, 5) is 0. The minimum atomic E-state index is 0.489. The first-order valence-corrected chi connectivity index (χ1v) is 11.5. The molecule has 0 unspecified atom stereocenters. The summed E-state index contributed by atoms with van der Waals surface area (Å²) in [6.45, 7) is 0. The molecule has 0 nitrogen and oxygen atoms in total. The van der Waals surface area contributed by atoms with E-state index in [1.54, 1.807) is 5.57 Å². The normalized spacial score (nSPS) is 27.2. The van der Waals surface area contributed by atoms with Crippen LogP contribution >= 0.6 is 0 Å². The Kier molecular flexibility index (Phi) is 4.45. The van der Waals surface area contributed by atoms with Gasteiger partial charge in [-0.15, -0.1) is 0 Å². The largest absolute Gasteiger partial charge is 0.0723 e. The first kappa shape index (κ1) is 18.0. The van der Waals surface area contributed by atoms with Crippen molar-refractivity contribution >= 4 is 11.1 Å². The predicted octanol–water partition coefficient (Wildman–Crippen LogP) is 7.74. The highest BCUT2D eigenvalue weighted by Crippen LogP contribution is 2.56. The van der Waals surface area contributed by atoms with Gasteiger partial charge in [0.2, 0.25) is 0 Å². The van der Waals surface area contributed by atoms with E-state index in [0.29, 0.717) is 17.8 Å². The van der Waals surface area contributed by atoms with E-state index in [4.69, 9.17) is 0 Å². The lowest BCUT2D eigenvalue weighted by molar-refractivity contribution is 0.207. The molecule has 3 aliphatic rings. The van der Waals surface area contributed by atoms with Gasteiger partial charge in [-0.3, -0.25) is 0 Å².